The van der Waals surface area contributed by atoms with Gasteiger partial charge < -0.3 is 5.32 Å². The molecule has 0 saturated heterocycles. The highest BCUT2D eigenvalue weighted by Gasteiger charge is 2.31. The Labute approximate surface area is 117 Å². The van der Waals surface area contributed by atoms with Gasteiger partial charge in [-0.25, -0.2) is 0 Å². The average molecular weight is 284 g/mol. The Morgan fingerprint density at radius 3 is 3.11 bits per heavy atom. The van der Waals surface area contributed by atoms with Gasteiger partial charge in [0, 0.05) is 11.4 Å². The van der Waals surface area contributed by atoms with Crippen molar-refractivity contribution in [1.82, 2.24) is 5.32 Å². The molecule has 2 unspecified atom stereocenters. The minimum absolute atomic E-state index is 0.0584. The van der Waals surface area contributed by atoms with Crippen molar-refractivity contribution in [3.63, 3.8) is 0 Å². The minimum Gasteiger partial charge on any atom is -0.354 e. The Balaban J connectivity index is 1.59. The molecular formula is C14H18ClNOS. The number of thiophene rings is 1. The van der Waals surface area contributed by atoms with Gasteiger partial charge in [-0.3, -0.25) is 4.79 Å². The zero-order valence-electron chi connectivity index (χ0n) is 10.3. The second-order valence-corrected chi connectivity index (χ2v) is 6.90. The maximum absolute atomic E-state index is 12.2. The molecule has 0 bridgehead atoms. The summed E-state index contributed by atoms with van der Waals surface area (Å²) in [6, 6.07) is 2.11. The van der Waals surface area contributed by atoms with E-state index in [1.807, 2.05) is 0 Å². The molecule has 1 aromatic heterocycles. The molecule has 1 amide bonds. The summed E-state index contributed by atoms with van der Waals surface area (Å²) in [5.74, 6) is 0.860. The quantitative estimate of drug-likeness (QED) is 0.844. The summed E-state index contributed by atoms with van der Waals surface area (Å²) in [5.41, 5.74) is 1.25. The Bertz CT molecular complexity index is 441. The van der Waals surface area contributed by atoms with Crippen LogP contribution in [0.2, 0.25) is 0 Å². The summed E-state index contributed by atoms with van der Waals surface area (Å²) < 4.78 is 0. The molecule has 1 aromatic rings. The summed E-state index contributed by atoms with van der Waals surface area (Å²) in [4.78, 5) is 13.6. The van der Waals surface area contributed by atoms with Crippen molar-refractivity contribution >= 4 is 28.8 Å². The largest absolute Gasteiger partial charge is 0.354 e. The number of aryl methyl sites for hydroxylation is 1. The third-order valence-corrected chi connectivity index (χ3v) is 5.48. The predicted octanol–water partition coefficient (Wildman–Crippen LogP) is 3.30. The van der Waals surface area contributed by atoms with Crippen molar-refractivity contribution in [2.24, 2.45) is 5.92 Å². The van der Waals surface area contributed by atoms with Gasteiger partial charge in [0.1, 0.15) is 0 Å². The first-order chi connectivity index (χ1) is 8.75. The first kappa shape index (κ1) is 12.5. The zero-order valence-corrected chi connectivity index (χ0v) is 11.9. The first-order valence-electron chi connectivity index (χ1n) is 6.73. The molecule has 0 aliphatic heterocycles. The van der Waals surface area contributed by atoms with E-state index in [-0.39, 0.29) is 17.2 Å². The van der Waals surface area contributed by atoms with Crippen molar-refractivity contribution in [3.8, 4) is 0 Å². The van der Waals surface area contributed by atoms with Gasteiger partial charge in [-0.05, 0) is 55.0 Å². The van der Waals surface area contributed by atoms with E-state index in [1.165, 1.54) is 23.3 Å². The predicted molar refractivity (Wildman–Crippen MR) is 75.4 cm³/mol. The maximum atomic E-state index is 12.2. The van der Waals surface area contributed by atoms with E-state index in [9.17, 15) is 4.79 Å². The molecule has 1 N–H and O–H groups in total. The molecule has 1 heterocycles. The summed E-state index contributed by atoms with van der Waals surface area (Å²) in [6.45, 7) is 0.626. The molecule has 2 aliphatic carbocycles. The van der Waals surface area contributed by atoms with Gasteiger partial charge in [0.05, 0.1) is 11.3 Å². The van der Waals surface area contributed by atoms with Crippen molar-refractivity contribution in [1.29, 1.82) is 0 Å². The van der Waals surface area contributed by atoms with Crippen LogP contribution in [0.25, 0.3) is 0 Å². The Morgan fingerprint density at radius 1 is 1.50 bits per heavy atom. The lowest BCUT2D eigenvalue weighted by Gasteiger charge is -2.22. The SMILES string of the molecule is O=C(NCC(Cl)C1CC1)C1CCCc2sccc21. The van der Waals surface area contributed by atoms with Gasteiger partial charge >= 0.3 is 0 Å². The molecule has 2 atom stereocenters. The van der Waals surface area contributed by atoms with Crippen LogP contribution < -0.4 is 5.32 Å². The number of nitrogens with one attached hydrogen (secondary N) is 1. The molecule has 2 nitrogen and oxygen atoms in total. The smallest absolute Gasteiger partial charge is 0.227 e. The summed E-state index contributed by atoms with van der Waals surface area (Å²) in [6.07, 6.45) is 5.69. The standard InChI is InChI=1S/C14H18ClNOS/c15-12(9-4-5-9)8-16-14(17)11-2-1-3-13-10(11)6-7-18-13/h6-7,9,11-12H,1-5,8H2,(H,16,17). The number of rotatable bonds is 4. The molecule has 1 fully saturated rings. The van der Waals surface area contributed by atoms with Gasteiger partial charge in [-0.15, -0.1) is 22.9 Å². The van der Waals surface area contributed by atoms with Crippen LogP contribution in [0.5, 0.6) is 0 Å². The fourth-order valence-corrected chi connectivity index (χ4v) is 4.02. The summed E-state index contributed by atoms with van der Waals surface area (Å²) >= 11 is 8.01. The van der Waals surface area contributed by atoms with Gasteiger partial charge in [0.2, 0.25) is 5.91 Å². The van der Waals surface area contributed by atoms with E-state index in [2.05, 4.69) is 16.8 Å². The molecule has 4 heteroatoms. The van der Waals surface area contributed by atoms with Gasteiger partial charge in [-0.2, -0.15) is 0 Å². The molecule has 0 spiro atoms. The van der Waals surface area contributed by atoms with Crippen molar-refractivity contribution in [2.45, 2.75) is 43.4 Å². The Morgan fingerprint density at radius 2 is 2.33 bits per heavy atom. The summed E-state index contributed by atoms with van der Waals surface area (Å²) in [7, 11) is 0. The topological polar surface area (TPSA) is 29.1 Å². The molecule has 3 rings (SSSR count). The van der Waals surface area contributed by atoms with Crippen molar-refractivity contribution in [2.75, 3.05) is 6.54 Å². The van der Waals surface area contributed by atoms with Crippen LogP contribution in [0.1, 0.15) is 42.0 Å². The molecule has 18 heavy (non-hydrogen) atoms. The van der Waals surface area contributed by atoms with E-state index in [1.54, 1.807) is 11.3 Å². The maximum Gasteiger partial charge on any atom is 0.227 e. The van der Waals surface area contributed by atoms with E-state index in [4.69, 9.17) is 11.6 Å². The number of carbonyl (C=O) groups excluding carboxylic acids is 1. The van der Waals surface area contributed by atoms with Gasteiger partial charge in [0.25, 0.3) is 0 Å². The molecule has 2 aliphatic rings. The van der Waals surface area contributed by atoms with Crippen LogP contribution >= 0.6 is 22.9 Å². The third kappa shape index (κ3) is 2.57. The third-order valence-electron chi connectivity index (χ3n) is 3.97. The number of fused-ring (bicyclic) bond motifs is 1. The first-order valence-corrected chi connectivity index (χ1v) is 8.05. The Hall–Kier alpha value is -0.540. The van der Waals surface area contributed by atoms with E-state index in [0.717, 1.165) is 19.3 Å². The minimum atomic E-state index is 0.0584. The van der Waals surface area contributed by atoms with Crippen molar-refractivity contribution < 1.29 is 4.79 Å². The second-order valence-electron chi connectivity index (χ2n) is 5.34. The fourth-order valence-electron chi connectivity index (χ4n) is 2.70. The molecular weight excluding hydrogens is 266 g/mol. The number of carbonyl (C=O) groups is 1. The van der Waals surface area contributed by atoms with E-state index < -0.39 is 0 Å². The van der Waals surface area contributed by atoms with Gasteiger partial charge in [-0.1, -0.05) is 0 Å². The van der Waals surface area contributed by atoms with Crippen LogP contribution in [-0.4, -0.2) is 17.8 Å². The molecule has 1 saturated carbocycles. The highest BCUT2D eigenvalue weighted by Crippen LogP contribution is 2.36. The number of amides is 1. The molecule has 0 radical (unpaired) electrons. The number of hydrogen-bond donors (Lipinski definition) is 1. The lowest BCUT2D eigenvalue weighted by atomic mass is 9.87. The molecule has 98 valence electrons. The highest BCUT2D eigenvalue weighted by molar-refractivity contribution is 7.10. The van der Waals surface area contributed by atoms with Gasteiger partial charge in [0.15, 0.2) is 0 Å². The fraction of sp³-hybridized carbons (Fsp3) is 0.643. The number of hydrogen-bond acceptors (Lipinski definition) is 2. The van der Waals surface area contributed by atoms with E-state index in [0.29, 0.717) is 12.5 Å². The van der Waals surface area contributed by atoms with Crippen LogP contribution in [-0.2, 0) is 11.2 Å². The highest BCUT2D eigenvalue weighted by atomic mass is 35.5. The zero-order chi connectivity index (χ0) is 12.5. The number of alkyl halides is 1. The molecule has 0 aromatic carbocycles. The Kier molecular flexibility index (Phi) is 3.62. The second kappa shape index (κ2) is 5.22. The van der Waals surface area contributed by atoms with Crippen LogP contribution in [0.15, 0.2) is 11.4 Å². The normalized spacial score (nSPS) is 24.4. The summed E-state index contributed by atoms with van der Waals surface area (Å²) in [5, 5.41) is 5.26. The number of halogens is 1. The lowest BCUT2D eigenvalue weighted by molar-refractivity contribution is -0.122. The van der Waals surface area contributed by atoms with Crippen LogP contribution in [0.3, 0.4) is 0 Å². The lowest BCUT2D eigenvalue weighted by Crippen LogP contribution is -2.35. The van der Waals surface area contributed by atoms with Crippen LogP contribution in [0, 0.1) is 5.92 Å². The van der Waals surface area contributed by atoms with Crippen molar-refractivity contribution in [3.05, 3.63) is 21.9 Å². The monoisotopic (exact) mass is 283 g/mol. The van der Waals surface area contributed by atoms with Crippen LogP contribution in [0.4, 0.5) is 0 Å². The average Bonchev–Trinajstić information content (AvgIpc) is 3.12. The van der Waals surface area contributed by atoms with E-state index >= 15 is 0 Å².